The Morgan fingerprint density at radius 1 is 1.60 bits per heavy atom. The number of likely N-dealkylation sites (N-methyl/N-ethyl adjacent to an activating group) is 1. The molecule has 15 heavy (non-hydrogen) atoms. The lowest BCUT2D eigenvalue weighted by Gasteiger charge is -2.21. The Kier molecular flexibility index (Phi) is 4.51. The first-order valence-corrected chi connectivity index (χ1v) is 6.67. The van der Waals surface area contributed by atoms with Crippen LogP contribution in [0.5, 0.6) is 0 Å². The van der Waals surface area contributed by atoms with Gasteiger partial charge in [0.05, 0.1) is 12.2 Å². The summed E-state index contributed by atoms with van der Waals surface area (Å²) in [6.45, 7) is 3.24. The summed E-state index contributed by atoms with van der Waals surface area (Å²) in [4.78, 5) is 0. The molecule has 0 aromatic heterocycles. The Morgan fingerprint density at radius 2 is 2.33 bits per heavy atom. The van der Waals surface area contributed by atoms with Crippen LogP contribution in [0.1, 0.15) is 19.8 Å². The predicted octanol–water partition coefficient (Wildman–Crippen LogP) is 0.341. The van der Waals surface area contributed by atoms with Gasteiger partial charge in [0.15, 0.2) is 5.75 Å². The first-order chi connectivity index (χ1) is 7.10. The lowest BCUT2D eigenvalue weighted by molar-refractivity contribution is 0.0947. The fourth-order valence-electron chi connectivity index (χ4n) is 1.63. The zero-order chi connectivity index (χ0) is 11.3. The van der Waals surface area contributed by atoms with Gasteiger partial charge >= 0.3 is 0 Å². The van der Waals surface area contributed by atoms with Crippen molar-refractivity contribution >= 4 is 10.0 Å². The van der Waals surface area contributed by atoms with Crippen LogP contribution in [0.3, 0.4) is 0 Å². The Hall–Kier alpha value is -0.640. The third-order valence-corrected chi connectivity index (χ3v) is 4.11. The molecule has 0 aromatic rings. The van der Waals surface area contributed by atoms with Gasteiger partial charge in [0.1, 0.15) is 0 Å². The SMILES string of the molecule is CCN(CC1CCCO1)S(=O)(=O)CC#N. The largest absolute Gasteiger partial charge is 0.377 e. The summed E-state index contributed by atoms with van der Waals surface area (Å²) in [5.74, 6) is -0.451. The Bertz CT molecular complexity index is 328. The molecule has 1 fully saturated rings. The number of nitriles is 1. The van der Waals surface area contributed by atoms with Crippen LogP contribution in [0.15, 0.2) is 0 Å². The number of rotatable bonds is 5. The zero-order valence-electron chi connectivity index (χ0n) is 8.85. The van der Waals surface area contributed by atoms with E-state index in [0.29, 0.717) is 19.7 Å². The predicted molar refractivity (Wildman–Crippen MR) is 55.6 cm³/mol. The molecule has 1 unspecified atom stereocenters. The summed E-state index contributed by atoms with van der Waals surface area (Å²) in [5, 5.41) is 8.42. The van der Waals surface area contributed by atoms with Crippen molar-refractivity contribution in [1.29, 1.82) is 5.26 Å². The molecule has 1 atom stereocenters. The van der Waals surface area contributed by atoms with Gasteiger partial charge in [0.2, 0.25) is 10.0 Å². The van der Waals surface area contributed by atoms with E-state index in [-0.39, 0.29) is 6.10 Å². The lowest BCUT2D eigenvalue weighted by atomic mass is 10.2. The number of ether oxygens (including phenoxy) is 1. The van der Waals surface area contributed by atoms with Gasteiger partial charge in [-0.3, -0.25) is 0 Å². The van der Waals surface area contributed by atoms with Crippen molar-refractivity contribution in [2.75, 3.05) is 25.4 Å². The molecule has 0 bridgehead atoms. The van der Waals surface area contributed by atoms with E-state index >= 15 is 0 Å². The van der Waals surface area contributed by atoms with E-state index in [1.54, 1.807) is 13.0 Å². The highest BCUT2D eigenvalue weighted by Gasteiger charge is 2.25. The quantitative estimate of drug-likeness (QED) is 0.685. The van der Waals surface area contributed by atoms with Gasteiger partial charge in [-0.25, -0.2) is 8.42 Å². The monoisotopic (exact) mass is 232 g/mol. The number of hydrogen-bond donors (Lipinski definition) is 0. The van der Waals surface area contributed by atoms with E-state index in [0.717, 1.165) is 12.8 Å². The maximum atomic E-state index is 11.6. The molecule has 1 heterocycles. The minimum absolute atomic E-state index is 0.00146. The normalized spacial score (nSPS) is 21.8. The molecule has 1 saturated heterocycles. The molecule has 0 aromatic carbocycles. The highest BCUT2D eigenvalue weighted by atomic mass is 32.2. The summed E-state index contributed by atoms with van der Waals surface area (Å²) in [6.07, 6.45) is 1.89. The summed E-state index contributed by atoms with van der Waals surface area (Å²) >= 11 is 0. The molecular weight excluding hydrogens is 216 g/mol. The van der Waals surface area contributed by atoms with Crippen LogP contribution in [0.25, 0.3) is 0 Å². The summed E-state index contributed by atoms with van der Waals surface area (Å²) < 4.78 is 29.9. The van der Waals surface area contributed by atoms with E-state index in [2.05, 4.69) is 0 Å². The van der Waals surface area contributed by atoms with Gasteiger partial charge in [-0.05, 0) is 12.8 Å². The average Bonchev–Trinajstić information content (AvgIpc) is 2.66. The van der Waals surface area contributed by atoms with Gasteiger partial charge in [0.25, 0.3) is 0 Å². The van der Waals surface area contributed by atoms with Crippen LogP contribution in [0.4, 0.5) is 0 Å². The lowest BCUT2D eigenvalue weighted by Crippen LogP contribution is -2.38. The molecule has 1 aliphatic rings. The number of hydrogen-bond acceptors (Lipinski definition) is 4. The molecule has 0 N–H and O–H groups in total. The minimum Gasteiger partial charge on any atom is -0.377 e. The van der Waals surface area contributed by atoms with Crippen molar-refractivity contribution in [1.82, 2.24) is 4.31 Å². The second-order valence-corrected chi connectivity index (χ2v) is 5.47. The molecule has 0 radical (unpaired) electrons. The first kappa shape index (κ1) is 12.4. The van der Waals surface area contributed by atoms with E-state index in [4.69, 9.17) is 10.00 Å². The van der Waals surface area contributed by atoms with Crippen molar-refractivity contribution in [3.8, 4) is 6.07 Å². The Labute approximate surface area is 90.7 Å². The van der Waals surface area contributed by atoms with Gasteiger partial charge in [-0.2, -0.15) is 9.57 Å². The van der Waals surface area contributed by atoms with Gasteiger partial charge in [0, 0.05) is 19.7 Å². The molecule has 0 saturated carbocycles. The summed E-state index contributed by atoms with van der Waals surface area (Å²) in [7, 11) is -3.42. The number of nitrogens with zero attached hydrogens (tertiary/aromatic N) is 2. The molecular formula is C9H16N2O3S. The van der Waals surface area contributed by atoms with Gasteiger partial charge in [-0.1, -0.05) is 6.92 Å². The third-order valence-electron chi connectivity index (χ3n) is 2.42. The van der Waals surface area contributed by atoms with Crippen molar-refractivity contribution < 1.29 is 13.2 Å². The van der Waals surface area contributed by atoms with E-state index in [1.807, 2.05) is 0 Å². The van der Waals surface area contributed by atoms with Crippen molar-refractivity contribution in [3.05, 3.63) is 0 Å². The topological polar surface area (TPSA) is 70.4 Å². The summed E-state index contributed by atoms with van der Waals surface area (Å²) in [6, 6.07) is 1.68. The van der Waals surface area contributed by atoms with Gasteiger partial charge < -0.3 is 4.74 Å². The molecule has 6 heteroatoms. The average molecular weight is 232 g/mol. The smallest absolute Gasteiger partial charge is 0.227 e. The molecule has 0 amide bonds. The van der Waals surface area contributed by atoms with Crippen LogP contribution in [0, 0.1) is 11.3 Å². The molecule has 5 nitrogen and oxygen atoms in total. The second-order valence-electron chi connectivity index (χ2n) is 3.50. The third kappa shape index (κ3) is 3.45. The zero-order valence-corrected chi connectivity index (χ0v) is 9.66. The van der Waals surface area contributed by atoms with E-state index < -0.39 is 15.8 Å². The van der Waals surface area contributed by atoms with Crippen LogP contribution in [-0.4, -0.2) is 44.3 Å². The standard InChI is InChI=1S/C9H16N2O3S/c1-2-11(15(12,13)7-5-10)8-9-4-3-6-14-9/h9H,2-4,6-8H2,1H3. The molecule has 86 valence electrons. The van der Waals surface area contributed by atoms with Crippen molar-refractivity contribution in [3.63, 3.8) is 0 Å². The van der Waals surface area contributed by atoms with E-state index in [1.165, 1.54) is 4.31 Å². The van der Waals surface area contributed by atoms with Crippen LogP contribution in [0.2, 0.25) is 0 Å². The molecule has 0 aliphatic carbocycles. The minimum atomic E-state index is -3.42. The fraction of sp³-hybridized carbons (Fsp3) is 0.889. The van der Waals surface area contributed by atoms with Crippen molar-refractivity contribution in [2.45, 2.75) is 25.9 Å². The van der Waals surface area contributed by atoms with Crippen molar-refractivity contribution in [2.24, 2.45) is 0 Å². The molecule has 1 rings (SSSR count). The number of sulfonamides is 1. The van der Waals surface area contributed by atoms with Gasteiger partial charge in [-0.15, -0.1) is 0 Å². The first-order valence-electron chi connectivity index (χ1n) is 5.06. The Morgan fingerprint density at radius 3 is 2.80 bits per heavy atom. The maximum absolute atomic E-state index is 11.6. The van der Waals surface area contributed by atoms with E-state index in [9.17, 15) is 8.42 Å². The fourth-order valence-corrected chi connectivity index (χ4v) is 2.76. The second kappa shape index (κ2) is 5.45. The molecule has 0 spiro atoms. The summed E-state index contributed by atoms with van der Waals surface area (Å²) in [5.41, 5.74) is 0. The van der Waals surface area contributed by atoms with Crippen LogP contribution in [-0.2, 0) is 14.8 Å². The van der Waals surface area contributed by atoms with Crippen LogP contribution < -0.4 is 0 Å². The molecule has 1 aliphatic heterocycles. The highest BCUT2D eigenvalue weighted by Crippen LogP contribution is 2.15. The van der Waals surface area contributed by atoms with Crippen LogP contribution >= 0.6 is 0 Å². The highest BCUT2D eigenvalue weighted by molar-refractivity contribution is 7.89. The maximum Gasteiger partial charge on any atom is 0.227 e. The Balaban J connectivity index is 2.59.